The third kappa shape index (κ3) is 3.80. The second-order valence-corrected chi connectivity index (χ2v) is 5.85. The van der Waals surface area contributed by atoms with Gasteiger partial charge in [0.1, 0.15) is 5.75 Å². The van der Waals surface area contributed by atoms with E-state index in [0.717, 1.165) is 34.7 Å². The van der Waals surface area contributed by atoms with Gasteiger partial charge in [0.15, 0.2) is 0 Å². The molecule has 0 amide bonds. The van der Waals surface area contributed by atoms with Crippen molar-refractivity contribution in [3.8, 4) is 11.4 Å². The van der Waals surface area contributed by atoms with Crippen LogP contribution in [0.3, 0.4) is 0 Å². The van der Waals surface area contributed by atoms with E-state index in [-0.39, 0.29) is 0 Å². The van der Waals surface area contributed by atoms with E-state index in [4.69, 9.17) is 4.74 Å². The number of halogens is 1. The summed E-state index contributed by atoms with van der Waals surface area (Å²) in [5.74, 6) is 1.41. The van der Waals surface area contributed by atoms with Gasteiger partial charge in [0.05, 0.1) is 24.7 Å². The Labute approximate surface area is 127 Å². The van der Waals surface area contributed by atoms with Gasteiger partial charge >= 0.3 is 0 Å². The summed E-state index contributed by atoms with van der Waals surface area (Å²) in [5, 5.41) is 11.7. The lowest BCUT2D eigenvalue weighted by molar-refractivity contribution is 0.414. The van der Waals surface area contributed by atoms with E-state index in [9.17, 15) is 0 Å². The summed E-state index contributed by atoms with van der Waals surface area (Å²) < 4.78 is 7.93. The van der Waals surface area contributed by atoms with E-state index < -0.39 is 0 Å². The number of methoxy groups -OCH3 is 1. The van der Waals surface area contributed by atoms with Gasteiger partial charge in [-0.2, -0.15) is 0 Å². The maximum absolute atomic E-state index is 5.23. The van der Waals surface area contributed by atoms with Crippen molar-refractivity contribution in [1.82, 2.24) is 20.3 Å². The number of benzene rings is 1. The van der Waals surface area contributed by atoms with Gasteiger partial charge in [0.25, 0.3) is 0 Å². The molecule has 0 spiro atoms. The molecule has 0 radical (unpaired) electrons. The molecule has 0 saturated heterocycles. The largest absolute Gasteiger partial charge is 0.497 e. The Morgan fingerprint density at radius 2 is 2.20 bits per heavy atom. The van der Waals surface area contributed by atoms with Crippen molar-refractivity contribution in [2.24, 2.45) is 5.92 Å². The first-order valence-corrected chi connectivity index (χ1v) is 7.35. The molecule has 1 heterocycles. The van der Waals surface area contributed by atoms with Crippen molar-refractivity contribution < 1.29 is 4.74 Å². The second-order valence-electron chi connectivity index (χ2n) is 5.00. The first kappa shape index (κ1) is 15.0. The molecule has 0 aliphatic rings. The fourth-order valence-electron chi connectivity index (χ4n) is 1.78. The number of nitrogens with one attached hydrogen (secondary N) is 1. The van der Waals surface area contributed by atoms with Gasteiger partial charge in [-0.25, -0.2) is 4.68 Å². The lowest BCUT2D eigenvalue weighted by Crippen LogP contribution is -2.19. The van der Waals surface area contributed by atoms with E-state index in [0.29, 0.717) is 5.92 Å². The number of rotatable bonds is 6. The van der Waals surface area contributed by atoms with Crippen LogP contribution < -0.4 is 10.1 Å². The van der Waals surface area contributed by atoms with Crippen LogP contribution in [0.5, 0.6) is 5.75 Å². The Bertz CT molecular complexity index is 568. The number of ether oxygens (including phenoxy) is 1. The Hall–Kier alpha value is -1.40. The highest BCUT2D eigenvalue weighted by molar-refractivity contribution is 9.10. The highest BCUT2D eigenvalue weighted by Gasteiger charge is 2.08. The smallest absolute Gasteiger partial charge is 0.121 e. The molecule has 0 unspecified atom stereocenters. The monoisotopic (exact) mass is 338 g/mol. The molecular weight excluding hydrogens is 320 g/mol. The number of nitrogens with zero attached hydrogens (tertiary/aromatic N) is 3. The summed E-state index contributed by atoms with van der Waals surface area (Å²) in [6.45, 7) is 6.05. The Balaban J connectivity index is 2.12. The molecule has 0 atom stereocenters. The molecule has 1 N–H and O–H groups in total. The molecule has 0 fully saturated rings. The molecule has 0 aliphatic heterocycles. The summed E-state index contributed by atoms with van der Waals surface area (Å²) in [5.41, 5.74) is 1.83. The van der Waals surface area contributed by atoms with Crippen LogP contribution in [0.1, 0.15) is 19.5 Å². The van der Waals surface area contributed by atoms with Gasteiger partial charge in [-0.1, -0.05) is 19.1 Å². The molecule has 2 rings (SSSR count). The molecule has 1 aromatic heterocycles. The van der Waals surface area contributed by atoms with E-state index in [1.165, 1.54) is 0 Å². The normalized spacial score (nSPS) is 11.1. The molecule has 2 aromatic rings. The van der Waals surface area contributed by atoms with Gasteiger partial charge in [-0.05, 0) is 40.5 Å². The van der Waals surface area contributed by atoms with Crippen LogP contribution in [0.4, 0.5) is 0 Å². The van der Waals surface area contributed by atoms with Crippen LogP contribution in [0.15, 0.2) is 28.9 Å². The highest BCUT2D eigenvalue weighted by Crippen LogP contribution is 2.25. The molecule has 108 valence electrons. The number of hydrogen-bond acceptors (Lipinski definition) is 4. The molecular formula is C14H19BrN4O. The maximum Gasteiger partial charge on any atom is 0.121 e. The minimum atomic E-state index is 0.623. The lowest BCUT2D eigenvalue weighted by atomic mass is 10.2. The number of hydrogen-bond donors (Lipinski definition) is 1. The predicted octanol–water partition coefficient (Wildman–Crippen LogP) is 2.78. The summed E-state index contributed by atoms with van der Waals surface area (Å²) in [6, 6.07) is 5.76. The summed E-state index contributed by atoms with van der Waals surface area (Å²) >= 11 is 3.52. The first-order chi connectivity index (χ1) is 9.60. The van der Waals surface area contributed by atoms with Crippen molar-refractivity contribution in [2.45, 2.75) is 20.4 Å². The van der Waals surface area contributed by atoms with E-state index in [1.807, 2.05) is 24.4 Å². The molecule has 5 nitrogen and oxygen atoms in total. The minimum Gasteiger partial charge on any atom is -0.497 e. The van der Waals surface area contributed by atoms with Crippen molar-refractivity contribution >= 4 is 15.9 Å². The fourth-order valence-corrected chi connectivity index (χ4v) is 2.21. The third-order valence-electron chi connectivity index (χ3n) is 2.80. The van der Waals surface area contributed by atoms with E-state index in [1.54, 1.807) is 11.8 Å². The first-order valence-electron chi connectivity index (χ1n) is 6.56. The molecule has 6 heteroatoms. The quantitative estimate of drug-likeness (QED) is 0.879. The Morgan fingerprint density at radius 3 is 2.90 bits per heavy atom. The molecule has 1 aromatic carbocycles. The summed E-state index contributed by atoms with van der Waals surface area (Å²) in [6.07, 6.45) is 1.92. The maximum atomic E-state index is 5.23. The van der Waals surface area contributed by atoms with E-state index >= 15 is 0 Å². The molecule has 0 aliphatic carbocycles. The number of aromatic nitrogens is 3. The topological polar surface area (TPSA) is 52.0 Å². The summed E-state index contributed by atoms with van der Waals surface area (Å²) in [4.78, 5) is 0. The fraction of sp³-hybridized carbons (Fsp3) is 0.429. The van der Waals surface area contributed by atoms with Crippen LogP contribution in [-0.4, -0.2) is 28.6 Å². The van der Waals surface area contributed by atoms with E-state index in [2.05, 4.69) is 45.4 Å². The molecule has 20 heavy (non-hydrogen) atoms. The average molecular weight is 339 g/mol. The third-order valence-corrected chi connectivity index (χ3v) is 3.47. The Kier molecular flexibility index (Phi) is 5.14. The van der Waals surface area contributed by atoms with Crippen molar-refractivity contribution in [3.05, 3.63) is 34.6 Å². The second kappa shape index (κ2) is 6.85. The zero-order valence-corrected chi connectivity index (χ0v) is 13.5. The van der Waals surface area contributed by atoms with Crippen LogP contribution in [0, 0.1) is 5.92 Å². The van der Waals surface area contributed by atoms with Crippen LogP contribution in [0.25, 0.3) is 5.69 Å². The zero-order valence-electron chi connectivity index (χ0n) is 11.9. The highest BCUT2D eigenvalue weighted by atomic mass is 79.9. The standard InChI is InChI=1S/C14H19BrN4O/c1-10(2)7-16-8-11-9-19(18-17-11)14-6-12(20-3)4-5-13(14)15/h4-6,9-10,16H,7-8H2,1-3H3. The van der Waals surface area contributed by atoms with Crippen molar-refractivity contribution in [2.75, 3.05) is 13.7 Å². The van der Waals surface area contributed by atoms with Gasteiger partial charge in [-0.15, -0.1) is 5.10 Å². The zero-order chi connectivity index (χ0) is 14.5. The predicted molar refractivity (Wildman–Crippen MR) is 82.2 cm³/mol. The van der Waals surface area contributed by atoms with Gasteiger partial charge in [0.2, 0.25) is 0 Å². The summed E-state index contributed by atoms with van der Waals surface area (Å²) in [7, 11) is 1.65. The average Bonchev–Trinajstić information content (AvgIpc) is 2.87. The molecule has 0 saturated carbocycles. The SMILES string of the molecule is COc1ccc(Br)c(-n2cc(CNCC(C)C)nn2)c1. The van der Waals surface area contributed by atoms with Gasteiger partial charge < -0.3 is 10.1 Å². The van der Waals surface area contributed by atoms with Crippen molar-refractivity contribution in [1.29, 1.82) is 0 Å². The Morgan fingerprint density at radius 1 is 1.40 bits per heavy atom. The van der Waals surface area contributed by atoms with Crippen molar-refractivity contribution in [3.63, 3.8) is 0 Å². The van der Waals surface area contributed by atoms with Gasteiger partial charge in [0, 0.05) is 17.1 Å². The molecule has 0 bridgehead atoms. The van der Waals surface area contributed by atoms with Crippen LogP contribution >= 0.6 is 15.9 Å². The van der Waals surface area contributed by atoms with Crippen LogP contribution in [-0.2, 0) is 6.54 Å². The minimum absolute atomic E-state index is 0.623. The lowest BCUT2D eigenvalue weighted by Gasteiger charge is -2.06. The van der Waals surface area contributed by atoms with Gasteiger partial charge in [-0.3, -0.25) is 0 Å². The van der Waals surface area contributed by atoms with Crippen LogP contribution in [0.2, 0.25) is 0 Å².